The van der Waals surface area contributed by atoms with Crippen molar-refractivity contribution in [3.8, 4) is 11.1 Å². The van der Waals surface area contributed by atoms with E-state index < -0.39 is 0 Å². The second-order valence-corrected chi connectivity index (χ2v) is 3.69. The number of hydrazone groups is 1. The lowest BCUT2D eigenvalue weighted by atomic mass is 10.1. The summed E-state index contributed by atoms with van der Waals surface area (Å²) < 4.78 is 0. The maximum absolute atomic E-state index is 5.06. The molecule has 0 saturated heterocycles. The molecule has 1 aromatic carbocycles. The third-order valence-electron chi connectivity index (χ3n) is 1.99. The van der Waals surface area contributed by atoms with Crippen molar-refractivity contribution in [3.05, 3.63) is 46.7 Å². The molecule has 0 spiro atoms. The zero-order chi connectivity index (χ0) is 9.80. The minimum Gasteiger partial charge on any atom is -0.323 e. The molecular weight excluding hydrogens is 192 g/mol. The molecule has 14 heavy (non-hydrogen) atoms. The number of hydrogen-bond donors (Lipinski definition) is 1. The van der Waals surface area contributed by atoms with E-state index in [1.165, 1.54) is 11.1 Å². The molecule has 0 atom stereocenters. The maximum atomic E-state index is 5.06. The van der Waals surface area contributed by atoms with Crippen LogP contribution in [0.25, 0.3) is 11.1 Å². The zero-order valence-corrected chi connectivity index (χ0v) is 8.37. The first-order valence-corrected chi connectivity index (χ1v) is 5.20. The highest BCUT2D eigenvalue weighted by molar-refractivity contribution is 7.08. The number of hydrogen-bond acceptors (Lipinski definition) is 3. The summed E-state index contributed by atoms with van der Waals surface area (Å²) >= 11 is 1.70. The van der Waals surface area contributed by atoms with Crippen LogP contribution in [0.1, 0.15) is 5.56 Å². The molecule has 70 valence electrons. The van der Waals surface area contributed by atoms with Crippen LogP contribution < -0.4 is 5.84 Å². The Labute approximate surface area is 86.7 Å². The third kappa shape index (κ3) is 1.83. The van der Waals surface area contributed by atoms with Gasteiger partial charge >= 0.3 is 0 Å². The van der Waals surface area contributed by atoms with Gasteiger partial charge in [-0.1, -0.05) is 24.3 Å². The fraction of sp³-hybridized carbons (Fsp3) is 0. The van der Waals surface area contributed by atoms with Crippen molar-refractivity contribution in [2.75, 3.05) is 0 Å². The summed E-state index contributed by atoms with van der Waals surface area (Å²) in [6, 6.07) is 10.3. The van der Waals surface area contributed by atoms with Crippen molar-refractivity contribution >= 4 is 17.6 Å². The molecule has 0 aliphatic rings. The van der Waals surface area contributed by atoms with Gasteiger partial charge in [0.25, 0.3) is 0 Å². The Morgan fingerprint density at radius 2 is 1.86 bits per heavy atom. The van der Waals surface area contributed by atoms with Gasteiger partial charge in [0.05, 0.1) is 6.21 Å². The van der Waals surface area contributed by atoms with E-state index in [1.54, 1.807) is 17.6 Å². The van der Waals surface area contributed by atoms with Crippen molar-refractivity contribution in [3.63, 3.8) is 0 Å². The van der Waals surface area contributed by atoms with Gasteiger partial charge in [-0.15, -0.1) is 0 Å². The molecule has 1 aromatic heterocycles. The predicted molar refractivity (Wildman–Crippen MR) is 61.5 cm³/mol. The van der Waals surface area contributed by atoms with Gasteiger partial charge in [0.2, 0.25) is 0 Å². The summed E-state index contributed by atoms with van der Waals surface area (Å²) in [7, 11) is 0. The van der Waals surface area contributed by atoms with Crippen molar-refractivity contribution in [1.29, 1.82) is 0 Å². The van der Waals surface area contributed by atoms with E-state index in [2.05, 4.69) is 34.1 Å². The molecule has 0 unspecified atom stereocenters. The minimum atomic E-state index is 1.02. The molecule has 0 aliphatic heterocycles. The molecule has 0 bridgehead atoms. The van der Waals surface area contributed by atoms with E-state index >= 15 is 0 Å². The second kappa shape index (κ2) is 4.07. The summed E-state index contributed by atoms with van der Waals surface area (Å²) in [5.41, 5.74) is 3.50. The summed E-state index contributed by atoms with van der Waals surface area (Å²) in [6.45, 7) is 0. The standard InChI is InChI=1S/C11H10N2S/c12-13-7-9-1-3-10(4-2-9)11-5-6-14-8-11/h1-8H,12H2. The number of benzene rings is 1. The highest BCUT2D eigenvalue weighted by Crippen LogP contribution is 2.21. The van der Waals surface area contributed by atoms with Crippen molar-refractivity contribution in [2.24, 2.45) is 10.9 Å². The lowest BCUT2D eigenvalue weighted by Crippen LogP contribution is -1.85. The molecule has 3 heteroatoms. The lowest BCUT2D eigenvalue weighted by Gasteiger charge is -1.97. The maximum Gasteiger partial charge on any atom is 0.0538 e. The molecule has 0 aliphatic carbocycles. The number of rotatable bonds is 2. The molecule has 0 saturated carbocycles. The first-order valence-electron chi connectivity index (χ1n) is 4.26. The van der Waals surface area contributed by atoms with E-state index in [9.17, 15) is 0 Å². The predicted octanol–water partition coefficient (Wildman–Crippen LogP) is 2.71. The molecular formula is C11H10N2S. The smallest absolute Gasteiger partial charge is 0.0538 e. The molecule has 2 rings (SSSR count). The van der Waals surface area contributed by atoms with Gasteiger partial charge < -0.3 is 5.84 Å². The largest absolute Gasteiger partial charge is 0.323 e. The Kier molecular flexibility index (Phi) is 2.60. The Bertz CT molecular complexity index is 415. The fourth-order valence-corrected chi connectivity index (χ4v) is 1.94. The first-order chi connectivity index (χ1) is 6.90. The van der Waals surface area contributed by atoms with Crippen LogP contribution in [0, 0.1) is 0 Å². The Balaban J connectivity index is 2.31. The summed E-state index contributed by atoms with van der Waals surface area (Å²) in [6.07, 6.45) is 1.64. The summed E-state index contributed by atoms with van der Waals surface area (Å²) in [5, 5.41) is 7.68. The van der Waals surface area contributed by atoms with Gasteiger partial charge in [0.1, 0.15) is 0 Å². The average molecular weight is 202 g/mol. The lowest BCUT2D eigenvalue weighted by molar-refractivity contribution is 1.26. The molecule has 2 aromatic rings. The first kappa shape index (κ1) is 8.97. The normalized spacial score (nSPS) is 10.9. The molecule has 0 fully saturated rings. The van der Waals surface area contributed by atoms with Crippen LogP contribution in [0.5, 0.6) is 0 Å². The van der Waals surface area contributed by atoms with Gasteiger partial charge in [-0.3, -0.25) is 0 Å². The quantitative estimate of drug-likeness (QED) is 0.454. The number of nitrogens with zero attached hydrogens (tertiary/aromatic N) is 1. The molecule has 0 radical (unpaired) electrons. The van der Waals surface area contributed by atoms with Crippen molar-refractivity contribution < 1.29 is 0 Å². The van der Waals surface area contributed by atoms with Gasteiger partial charge in [-0.2, -0.15) is 16.4 Å². The summed E-state index contributed by atoms with van der Waals surface area (Å²) in [5.74, 6) is 5.06. The molecule has 2 N–H and O–H groups in total. The summed E-state index contributed by atoms with van der Waals surface area (Å²) in [4.78, 5) is 0. The van der Waals surface area contributed by atoms with Gasteiger partial charge in [-0.25, -0.2) is 0 Å². The fourth-order valence-electron chi connectivity index (χ4n) is 1.28. The van der Waals surface area contributed by atoms with Crippen LogP contribution in [0.4, 0.5) is 0 Å². The van der Waals surface area contributed by atoms with E-state index in [0.717, 1.165) is 5.56 Å². The molecule has 0 amide bonds. The Morgan fingerprint density at radius 1 is 1.07 bits per heavy atom. The van der Waals surface area contributed by atoms with E-state index in [-0.39, 0.29) is 0 Å². The van der Waals surface area contributed by atoms with Crippen molar-refractivity contribution in [2.45, 2.75) is 0 Å². The van der Waals surface area contributed by atoms with Crippen LogP contribution in [0.15, 0.2) is 46.2 Å². The third-order valence-corrected chi connectivity index (χ3v) is 2.67. The van der Waals surface area contributed by atoms with Crippen LogP contribution in [-0.2, 0) is 0 Å². The number of thiophene rings is 1. The Hall–Kier alpha value is -1.61. The minimum absolute atomic E-state index is 1.02. The highest BCUT2D eigenvalue weighted by Gasteiger charge is 1.96. The number of nitrogens with two attached hydrogens (primary N) is 1. The van der Waals surface area contributed by atoms with Crippen molar-refractivity contribution in [1.82, 2.24) is 0 Å². The topological polar surface area (TPSA) is 38.4 Å². The van der Waals surface area contributed by atoms with Crippen LogP contribution in [-0.4, -0.2) is 6.21 Å². The Morgan fingerprint density at radius 3 is 2.43 bits per heavy atom. The highest BCUT2D eigenvalue weighted by atomic mass is 32.1. The van der Waals surface area contributed by atoms with Gasteiger partial charge in [0, 0.05) is 0 Å². The van der Waals surface area contributed by atoms with E-state index in [1.807, 2.05) is 12.1 Å². The second-order valence-electron chi connectivity index (χ2n) is 2.91. The van der Waals surface area contributed by atoms with E-state index in [4.69, 9.17) is 5.84 Å². The van der Waals surface area contributed by atoms with Gasteiger partial charge in [-0.05, 0) is 33.5 Å². The van der Waals surface area contributed by atoms with Crippen LogP contribution in [0.3, 0.4) is 0 Å². The monoisotopic (exact) mass is 202 g/mol. The molecule has 1 heterocycles. The average Bonchev–Trinajstić information content (AvgIpc) is 2.72. The van der Waals surface area contributed by atoms with Crippen LogP contribution >= 0.6 is 11.3 Å². The van der Waals surface area contributed by atoms with Crippen LogP contribution in [0.2, 0.25) is 0 Å². The van der Waals surface area contributed by atoms with Gasteiger partial charge in [0.15, 0.2) is 0 Å². The zero-order valence-electron chi connectivity index (χ0n) is 7.55. The SMILES string of the molecule is NN=Cc1ccc(-c2ccsc2)cc1. The molecule has 2 nitrogen and oxygen atoms in total. The van der Waals surface area contributed by atoms with E-state index in [0.29, 0.717) is 0 Å².